The SMILES string of the molecule is COC(=O)C=CCC1C(=O)N2C1C[C@H](Sc1ccccc1)[C@H]2C(=O)OCc1ccccc1. The molecule has 0 N–H and O–H groups in total. The van der Waals surface area contributed by atoms with Crippen molar-refractivity contribution in [3.8, 4) is 0 Å². The molecule has 0 bridgehead atoms. The number of carbonyl (C=O) groups is 3. The molecule has 0 radical (unpaired) electrons. The van der Waals surface area contributed by atoms with E-state index in [1.165, 1.54) is 13.2 Å². The zero-order chi connectivity index (χ0) is 22.5. The van der Waals surface area contributed by atoms with Crippen LogP contribution in [-0.4, -0.2) is 47.2 Å². The Bertz CT molecular complexity index is 994. The van der Waals surface area contributed by atoms with Gasteiger partial charge in [0.05, 0.1) is 13.0 Å². The van der Waals surface area contributed by atoms with Gasteiger partial charge in [0.2, 0.25) is 5.91 Å². The smallest absolute Gasteiger partial charge is 0.330 e. The molecule has 0 aromatic heterocycles. The Morgan fingerprint density at radius 3 is 2.47 bits per heavy atom. The van der Waals surface area contributed by atoms with Crippen LogP contribution in [0.5, 0.6) is 0 Å². The molecule has 2 heterocycles. The van der Waals surface area contributed by atoms with Gasteiger partial charge in [0.1, 0.15) is 12.6 Å². The molecule has 7 heteroatoms. The van der Waals surface area contributed by atoms with E-state index in [0.717, 1.165) is 10.5 Å². The highest BCUT2D eigenvalue weighted by Gasteiger charge is 2.59. The maximum absolute atomic E-state index is 13.1. The lowest BCUT2D eigenvalue weighted by molar-refractivity contribution is -0.166. The highest BCUT2D eigenvalue weighted by Crippen LogP contribution is 2.47. The first kappa shape index (κ1) is 22.1. The summed E-state index contributed by atoms with van der Waals surface area (Å²) < 4.78 is 10.2. The first-order valence-corrected chi connectivity index (χ1v) is 11.5. The number of β-lactam (4-membered cyclic amide) rings is 1. The predicted octanol–water partition coefficient (Wildman–Crippen LogP) is 3.61. The summed E-state index contributed by atoms with van der Waals surface area (Å²) in [6.45, 7) is 0.177. The number of benzene rings is 2. The zero-order valence-corrected chi connectivity index (χ0v) is 18.6. The number of nitrogens with zero attached hydrogens (tertiary/aromatic N) is 1. The van der Waals surface area contributed by atoms with Gasteiger partial charge < -0.3 is 14.4 Å². The normalized spacial score (nSPS) is 24.2. The van der Waals surface area contributed by atoms with Gasteiger partial charge in [-0.05, 0) is 30.5 Å². The second kappa shape index (κ2) is 10.0. The Kier molecular flexibility index (Phi) is 6.95. The van der Waals surface area contributed by atoms with Crippen molar-refractivity contribution >= 4 is 29.6 Å². The van der Waals surface area contributed by atoms with E-state index >= 15 is 0 Å². The van der Waals surface area contributed by atoms with E-state index in [2.05, 4.69) is 4.74 Å². The first-order chi connectivity index (χ1) is 15.6. The van der Waals surface area contributed by atoms with Crippen LogP contribution in [0.1, 0.15) is 18.4 Å². The minimum atomic E-state index is -0.623. The van der Waals surface area contributed by atoms with Crippen LogP contribution < -0.4 is 0 Å². The highest BCUT2D eigenvalue weighted by atomic mass is 32.2. The highest BCUT2D eigenvalue weighted by molar-refractivity contribution is 8.00. The summed E-state index contributed by atoms with van der Waals surface area (Å²) in [7, 11) is 1.32. The van der Waals surface area contributed by atoms with E-state index < -0.39 is 12.0 Å². The lowest BCUT2D eigenvalue weighted by Gasteiger charge is -2.44. The van der Waals surface area contributed by atoms with Crippen molar-refractivity contribution in [3.63, 3.8) is 0 Å². The second-order valence-corrected chi connectivity index (χ2v) is 9.14. The van der Waals surface area contributed by atoms with Crippen LogP contribution in [0.3, 0.4) is 0 Å². The van der Waals surface area contributed by atoms with Crippen LogP contribution in [-0.2, 0) is 30.5 Å². The molecule has 2 aromatic carbocycles. The van der Waals surface area contributed by atoms with Gasteiger partial charge in [0.25, 0.3) is 0 Å². The largest absolute Gasteiger partial charge is 0.466 e. The number of hydrogen-bond donors (Lipinski definition) is 0. The topological polar surface area (TPSA) is 72.9 Å². The van der Waals surface area contributed by atoms with Crippen molar-refractivity contribution in [2.45, 2.75) is 41.7 Å². The van der Waals surface area contributed by atoms with Crippen molar-refractivity contribution in [1.29, 1.82) is 0 Å². The summed E-state index contributed by atoms with van der Waals surface area (Å²) in [6.07, 6.45) is 4.16. The van der Waals surface area contributed by atoms with Gasteiger partial charge in [0, 0.05) is 22.3 Å². The lowest BCUT2D eigenvalue weighted by atomic mass is 9.85. The molecule has 2 aromatic rings. The third kappa shape index (κ3) is 4.72. The van der Waals surface area contributed by atoms with E-state index in [9.17, 15) is 14.4 Å². The molecule has 6 nitrogen and oxygen atoms in total. The number of rotatable bonds is 8. The maximum atomic E-state index is 13.1. The fourth-order valence-electron chi connectivity index (χ4n) is 4.30. The second-order valence-electron chi connectivity index (χ2n) is 7.82. The zero-order valence-electron chi connectivity index (χ0n) is 17.8. The lowest BCUT2D eigenvalue weighted by Crippen LogP contribution is -2.62. The average molecular weight is 452 g/mol. The molecule has 4 rings (SSSR count). The van der Waals surface area contributed by atoms with Gasteiger partial charge in [-0.1, -0.05) is 54.6 Å². The molecular formula is C25H25NO5S. The minimum absolute atomic E-state index is 0.0414. The number of ether oxygens (including phenoxy) is 2. The number of amides is 1. The Labute approximate surface area is 191 Å². The molecule has 1 amide bonds. The molecule has 166 valence electrons. The number of fused-ring (bicyclic) bond motifs is 1. The molecule has 0 saturated carbocycles. The molecule has 2 saturated heterocycles. The Morgan fingerprint density at radius 2 is 1.78 bits per heavy atom. The predicted molar refractivity (Wildman–Crippen MR) is 121 cm³/mol. The van der Waals surface area contributed by atoms with Gasteiger partial charge in [-0.25, -0.2) is 9.59 Å². The van der Waals surface area contributed by atoms with E-state index in [4.69, 9.17) is 4.74 Å². The summed E-state index contributed by atoms with van der Waals surface area (Å²) in [5, 5.41) is -0.0933. The molecule has 0 aliphatic carbocycles. The van der Waals surface area contributed by atoms with Crippen LogP contribution in [0.2, 0.25) is 0 Å². The number of hydrogen-bond acceptors (Lipinski definition) is 6. The van der Waals surface area contributed by atoms with E-state index in [-0.39, 0.29) is 35.7 Å². The summed E-state index contributed by atoms with van der Waals surface area (Å²) in [4.78, 5) is 40.1. The van der Waals surface area contributed by atoms with Crippen molar-refractivity contribution in [1.82, 2.24) is 4.90 Å². The summed E-state index contributed by atoms with van der Waals surface area (Å²) in [5.41, 5.74) is 0.906. The Morgan fingerprint density at radius 1 is 1.09 bits per heavy atom. The first-order valence-electron chi connectivity index (χ1n) is 10.6. The van der Waals surface area contributed by atoms with Gasteiger partial charge in [-0.3, -0.25) is 4.79 Å². The van der Waals surface area contributed by atoms with E-state index in [0.29, 0.717) is 12.8 Å². The van der Waals surface area contributed by atoms with Crippen LogP contribution in [0.15, 0.2) is 77.7 Å². The molecule has 2 unspecified atom stereocenters. The van der Waals surface area contributed by atoms with E-state index in [1.54, 1.807) is 22.7 Å². The van der Waals surface area contributed by atoms with Crippen molar-refractivity contribution in [3.05, 3.63) is 78.4 Å². The monoisotopic (exact) mass is 451 g/mol. The molecule has 4 atom stereocenters. The van der Waals surface area contributed by atoms with Gasteiger partial charge >= 0.3 is 11.9 Å². The maximum Gasteiger partial charge on any atom is 0.330 e. The fraction of sp³-hybridized carbons (Fsp3) is 0.320. The molecular weight excluding hydrogens is 426 g/mol. The summed E-state index contributed by atoms with van der Waals surface area (Å²) >= 11 is 1.61. The van der Waals surface area contributed by atoms with Crippen LogP contribution in [0.4, 0.5) is 0 Å². The van der Waals surface area contributed by atoms with Gasteiger partial charge in [0.15, 0.2) is 0 Å². The van der Waals surface area contributed by atoms with Crippen molar-refractivity contribution in [2.75, 3.05) is 7.11 Å². The molecule has 2 aliphatic heterocycles. The fourth-order valence-corrected chi connectivity index (χ4v) is 5.63. The molecule has 0 spiro atoms. The summed E-state index contributed by atoms with van der Waals surface area (Å²) in [5.74, 6) is -1.12. The number of thioether (sulfide) groups is 1. The number of esters is 2. The average Bonchev–Trinajstić information content (AvgIpc) is 3.16. The van der Waals surface area contributed by atoms with Crippen LogP contribution >= 0.6 is 11.8 Å². The molecule has 2 aliphatic rings. The number of carbonyl (C=O) groups excluding carboxylic acids is 3. The Balaban J connectivity index is 1.48. The number of methoxy groups -OCH3 is 1. The minimum Gasteiger partial charge on any atom is -0.466 e. The Hall–Kier alpha value is -3.06. The molecule has 2 fully saturated rings. The molecule has 32 heavy (non-hydrogen) atoms. The summed E-state index contributed by atoms with van der Waals surface area (Å²) in [6, 6.07) is 18.7. The van der Waals surface area contributed by atoms with E-state index in [1.807, 2.05) is 60.7 Å². The third-order valence-corrected chi connectivity index (χ3v) is 7.16. The van der Waals surface area contributed by atoms with Crippen molar-refractivity contribution in [2.24, 2.45) is 5.92 Å². The van der Waals surface area contributed by atoms with Crippen molar-refractivity contribution < 1.29 is 23.9 Å². The third-order valence-electron chi connectivity index (χ3n) is 5.86. The quantitative estimate of drug-likeness (QED) is 0.347. The standard InChI is InChI=1S/C25H25NO5S/c1-30-22(27)14-8-13-19-20-15-21(32-18-11-6-3-7-12-18)23(26(20)24(19)28)25(29)31-16-17-9-4-2-5-10-17/h2-12,14,19-21,23H,13,15-16H2,1H3/t19?,20?,21-,23-/m0/s1. The van der Waals surface area contributed by atoms with Gasteiger partial charge in [-0.15, -0.1) is 11.8 Å². The van der Waals surface area contributed by atoms with Gasteiger partial charge in [-0.2, -0.15) is 0 Å². The van der Waals surface area contributed by atoms with Crippen LogP contribution in [0.25, 0.3) is 0 Å². The number of allylic oxidation sites excluding steroid dienone is 1. The van der Waals surface area contributed by atoms with Crippen LogP contribution in [0, 0.1) is 5.92 Å².